The molecule has 0 aliphatic heterocycles. The number of allylic oxidation sites excluding steroid dienone is 3. The zero-order valence-electron chi connectivity index (χ0n) is 15.0. The summed E-state index contributed by atoms with van der Waals surface area (Å²) in [6.45, 7) is 4.31. The average molecular weight is 328 g/mol. The molecule has 1 heteroatoms. The molecule has 0 heterocycles. The molecule has 126 valence electrons. The van der Waals surface area contributed by atoms with Gasteiger partial charge in [0.25, 0.3) is 0 Å². The van der Waals surface area contributed by atoms with E-state index in [1.165, 1.54) is 64.6 Å². The molecule has 0 radical (unpaired) electrons. The summed E-state index contributed by atoms with van der Waals surface area (Å²) in [5.41, 5.74) is 9.39. The van der Waals surface area contributed by atoms with Gasteiger partial charge >= 0.3 is 0 Å². The number of carbonyl (C=O) groups excluding carboxylic acids is 1. The van der Waals surface area contributed by atoms with E-state index in [2.05, 4.69) is 62.4 Å². The van der Waals surface area contributed by atoms with Crippen LogP contribution in [0.5, 0.6) is 0 Å². The molecule has 0 saturated heterocycles. The minimum atomic E-state index is 0.0864. The molecule has 25 heavy (non-hydrogen) atoms. The molecule has 2 aromatic carbocycles. The molecule has 1 fully saturated rings. The topological polar surface area (TPSA) is 17.1 Å². The van der Waals surface area contributed by atoms with Gasteiger partial charge in [-0.15, -0.1) is 0 Å². The lowest BCUT2D eigenvalue weighted by atomic mass is 9.75. The van der Waals surface area contributed by atoms with E-state index in [0.717, 1.165) is 6.29 Å². The molecule has 1 saturated carbocycles. The summed E-state index contributed by atoms with van der Waals surface area (Å²) in [5.74, 6) is 0. The summed E-state index contributed by atoms with van der Waals surface area (Å²) >= 11 is 0. The Kier molecular flexibility index (Phi) is 3.95. The highest BCUT2D eigenvalue weighted by molar-refractivity contribution is 5.92. The van der Waals surface area contributed by atoms with Gasteiger partial charge in [-0.05, 0) is 60.6 Å². The van der Waals surface area contributed by atoms with E-state index >= 15 is 0 Å². The predicted octanol–water partition coefficient (Wildman–Crippen LogP) is 5.69. The van der Waals surface area contributed by atoms with Crippen molar-refractivity contribution in [3.05, 3.63) is 88.0 Å². The Labute approximate surface area is 150 Å². The first-order valence-corrected chi connectivity index (χ1v) is 9.21. The zero-order valence-corrected chi connectivity index (χ0v) is 15.0. The van der Waals surface area contributed by atoms with Crippen molar-refractivity contribution in [1.29, 1.82) is 0 Å². The molecule has 1 spiro atoms. The summed E-state index contributed by atoms with van der Waals surface area (Å²) in [7, 11) is 0. The third-order valence-corrected chi connectivity index (χ3v) is 5.81. The highest BCUT2D eigenvalue weighted by atomic mass is 16.1. The van der Waals surface area contributed by atoms with Crippen LogP contribution in [0.1, 0.15) is 53.5 Å². The summed E-state index contributed by atoms with van der Waals surface area (Å²) < 4.78 is 0. The predicted molar refractivity (Wildman–Crippen MR) is 104 cm³/mol. The van der Waals surface area contributed by atoms with Crippen LogP contribution in [0.2, 0.25) is 0 Å². The first-order chi connectivity index (χ1) is 12.2. The van der Waals surface area contributed by atoms with E-state index in [9.17, 15) is 4.79 Å². The van der Waals surface area contributed by atoms with Gasteiger partial charge in [-0.3, -0.25) is 4.79 Å². The molecule has 4 rings (SSSR count). The van der Waals surface area contributed by atoms with Crippen LogP contribution in [0.4, 0.5) is 0 Å². The fraction of sp³-hybridized carbons (Fsp3) is 0.292. The fourth-order valence-corrected chi connectivity index (χ4v) is 4.97. The Morgan fingerprint density at radius 2 is 1.64 bits per heavy atom. The monoisotopic (exact) mass is 328 g/mol. The third-order valence-electron chi connectivity index (χ3n) is 5.81. The van der Waals surface area contributed by atoms with Crippen molar-refractivity contribution in [2.24, 2.45) is 0 Å². The van der Waals surface area contributed by atoms with Gasteiger partial charge in [0.1, 0.15) is 6.29 Å². The first kappa shape index (κ1) is 16.1. The van der Waals surface area contributed by atoms with Crippen molar-refractivity contribution in [3.63, 3.8) is 0 Å². The Balaban J connectivity index is 2.05. The summed E-state index contributed by atoms with van der Waals surface area (Å²) in [5, 5.41) is 0. The van der Waals surface area contributed by atoms with E-state index in [1.54, 1.807) is 6.08 Å². The second-order valence-corrected chi connectivity index (χ2v) is 7.50. The Morgan fingerprint density at radius 3 is 2.32 bits per heavy atom. The van der Waals surface area contributed by atoms with Crippen molar-refractivity contribution in [2.75, 3.05) is 0 Å². The van der Waals surface area contributed by atoms with E-state index in [4.69, 9.17) is 0 Å². The van der Waals surface area contributed by atoms with Gasteiger partial charge in [-0.25, -0.2) is 0 Å². The van der Waals surface area contributed by atoms with Gasteiger partial charge in [0.05, 0.1) is 0 Å². The van der Waals surface area contributed by atoms with Crippen molar-refractivity contribution in [3.8, 4) is 0 Å². The number of fused-ring (bicyclic) bond motifs is 2. The lowest BCUT2D eigenvalue weighted by Gasteiger charge is -2.27. The lowest BCUT2D eigenvalue weighted by Crippen LogP contribution is -2.21. The molecule has 0 aromatic heterocycles. The molecule has 2 aliphatic rings. The Morgan fingerprint density at radius 1 is 0.960 bits per heavy atom. The number of rotatable bonds is 3. The second-order valence-electron chi connectivity index (χ2n) is 7.50. The number of carbonyl (C=O) groups is 1. The molecule has 0 bridgehead atoms. The standard InChI is InChI=1S/C24H24O/c1-17-14-18(2)16-19(15-17)23-20-8-3-4-9-21(20)24(11-5-6-12-24)22(23)10-7-13-25/h3-4,7-10,13-16H,5-6,11-12H2,1-2H3. The second kappa shape index (κ2) is 6.15. The van der Waals surface area contributed by atoms with Gasteiger partial charge in [0.2, 0.25) is 0 Å². The molecule has 0 unspecified atom stereocenters. The van der Waals surface area contributed by atoms with Gasteiger partial charge in [0.15, 0.2) is 0 Å². The zero-order chi connectivity index (χ0) is 17.4. The van der Waals surface area contributed by atoms with Crippen LogP contribution in [0, 0.1) is 13.8 Å². The van der Waals surface area contributed by atoms with Crippen LogP contribution in [-0.2, 0) is 10.2 Å². The summed E-state index contributed by atoms with van der Waals surface area (Å²) in [4.78, 5) is 11.1. The van der Waals surface area contributed by atoms with Crippen molar-refractivity contribution in [2.45, 2.75) is 44.9 Å². The van der Waals surface area contributed by atoms with Gasteiger partial charge in [0, 0.05) is 5.41 Å². The average Bonchev–Trinajstić information content (AvgIpc) is 3.17. The molecule has 0 amide bonds. The Bertz CT molecular complexity index is 872. The maximum atomic E-state index is 11.1. The third kappa shape index (κ3) is 2.50. The smallest absolute Gasteiger partial charge is 0.142 e. The Hall–Kier alpha value is -2.41. The van der Waals surface area contributed by atoms with E-state index < -0.39 is 0 Å². The minimum Gasteiger partial charge on any atom is -0.299 e. The minimum absolute atomic E-state index is 0.0864. The number of hydrogen-bond donors (Lipinski definition) is 0. The summed E-state index contributed by atoms with van der Waals surface area (Å²) in [6, 6.07) is 15.6. The van der Waals surface area contributed by atoms with E-state index in [-0.39, 0.29) is 5.41 Å². The summed E-state index contributed by atoms with van der Waals surface area (Å²) in [6.07, 6.45) is 9.51. The molecule has 2 aliphatic carbocycles. The lowest BCUT2D eigenvalue weighted by molar-refractivity contribution is -0.104. The van der Waals surface area contributed by atoms with Gasteiger partial charge in [-0.2, -0.15) is 0 Å². The first-order valence-electron chi connectivity index (χ1n) is 9.21. The fourth-order valence-electron chi connectivity index (χ4n) is 4.97. The molecular weight excluding hydrogens is 304 g/mol. The maximum Gasteiger partial charge on any atom is 0.142 e. The van der Waals surface area contributed by atoms with Crippen LogP contribution < -0.4 is 0 Å². The van der Waals surface area contributed by atoms with Crippen molar-refractivity contribution >= 4 is 11.9 Å². The molecule has 0 atom stereocenters. The van der Waals surface area contributed by atoms with E-state index in [0.29, 0.717) is 0 Å². The molecule has 2 aromatic rings. The normalized spacial score (nSPS) is 18.3. The molecule has 1 nitrogen and oxygen atoms in total. The highest BCUT2D eigenvalue weighted by Crippen LogP contribution is 2.57. The highest BCUT2D eigenvalue weighted by Gasteiger charge is 2.45. The number of benzene rings is 2. The quantitative estimate of drug-likeness (QED) is 0.523. The van der Waals surface area contributed by atoms with Crippen LogP contribution in [-0.4, -0.2) is 6.29 Å². The molecule has 0 N–H and O–H groups in total. The SMILES string of the molecule is Cc1cc(C)cc(C2=C(C=CC=O)C3(CCCC3)c3ccccc32)c1. The van der Waals surface area contributed by atoms with Crippen LogP contribution >= 0.6 is 0 Å². The van der Waals surface area contributed by atoms with E-state index in [1.807, 2.05) is 0 Å². The van der Waals surface area contributed by atoms with Crippen LogP contribution in [0.15, 0.2) is 60.2 Å². The number of aldehydes is 1. The number of hydrogen-bond acceptors (Lipinski definition) is 1. The van der Waals surface area contributed by atoms with Gasteiger partial charge in [-0.1, -0.05) is 72.5 Å². The van der Waals surface area contributed by atoms with Gasteiger partial charge < -0.3 is 0 Å². The van der Waals surface area contributed by atoms with Crippen LogP contribution in [0.25, 0.3) is 5.57 Å². The largest absolute Gasteiger partial charge is 0.299 e. The van der Waals surface area contributed by atoms with Crippen molar-refractivity contribution in [1.82, 2.24) is 0 Å². The van der Waals surface area contributed by atoms with Crippen LogP contribution in [0.3, 0.4) is 0 Å². The number of aryl methyl sites for hydroxylation is 2. The molecular formula is C24H24O. The van der Waals surface area contributed by atoms with Crippen molar-refractivity contribution < 1.29 is 4.79 Å². The maximum absolute atomic E-state index is 11.1.